The first-order valence-corrected chi connectivity index (χ1v) is 9.68. The van der Waals surface area contributed by atoms with E-state index in [1.165, 1.54) is 17.6 Å². The van der Waals surface area contributed by atoms with E-state index in [9.17, 15) is 9.59 Å². The van der Waals surface area contributed by atoms with Gasteiger partial charge in [0.2, 0.25) is 5.91 Å². The van der Waals surface area contributed by atoms with Crippen LogP contribution in [-0.4, -0.2) is 27.8 Å². The Bertz CT molecular complexity index is 1230. The minimum atomic E-state index is -0.399. The zero-order chi connectivity index (χ0) is 20.4. The maximum Gasteiger partial charge on any atom is 0.294 e. The zero-order valence-corrected chi connectivity index (χ0v) is 16.7. The molecule has 0 saturated heterocycles. The molecule has 3 heterocycles. The second-order valence-corrected chi connectivity index (χ2v) is 7.51. The summed E-state index contributed by atoms with van der Waals surface area (Å²) >= 11 is 1.40. The molecule has 0 fully saturated rings. The molecule has 148 valence electrons. The summed E-state index contributed by atoms with van der Waals surface area (Å²) in [5, 5.41) is 7.95. The van der Waals surface area contributed by atoms with Crippen molar-refractivity contribution < 1.29 is 13.9 Å². The first-order chi connectivity index (χ1) is 14.0. The molecule has 0 radical (unpaired) electrons. The Balaban J connectivity index is 1.71. The normalized spacial score (nSPS) is 11.0. The van der Waals surface area contributed by atoms with Crippen LogP contribution in [-0.2, 0) is 17.9 Å². The van der Waals surface area contributed by atoms with E-state index in [2.05, 4.69) is 15.4 Å². The molecule has 29 heavy (non-hydrogen) atoms. The van der Waals surface area contributed by atoms with E-state index in [1.54, 1.807) is 19.2 Å². The minimum Gasteiger partial charge on any atom is -0.497 e. The summed E-state index contributed by atoms with van der Waals surface area (Å²) in [4.78, 5) is 29.6. The number of fused-ring (bicyclic) bond motifs is 1. The van der Waals surface area contributed by atoms with Crippen LogP contribution in [0.15, 0.2) is 51.9 Å². The highest BCUT2D eigenvalue weighted by molar-refractivity contribution is 7.19. The highest BCUT2D eigenvalue weighted by atomic mass is 32.1. The van der Waals surface area contributed by atoms with Gasteiger partial charge in [-0.3, -0.25) is 9.59 Å². The van der Waals surface area contributed by atoms with Crippen LogP contribution in [0.4, 0.5) is 0 Å². The number of amides is 1. The number of ether oxygens (including phenoxy) is 1. The molecule has 8 nitrogen and oxygen atoms in total. The number of aryl methyl sites for hydroxylation is 1. The van der Waals surface area contributed by atoms with E-state index < -0.39 is 5.56 Å². The van der Waals surface area contributed by atoms with Crippen LogP contribution >= 0.6 is 11.3 Å². The number of carbonyl (C=O) groups excluding carboxylic acids is 1. The van der Waals surface area contributed by atoms with Gasteiger partial charge in [0.25, 0.3) is 5.56 Å². The predicted octanol–water partition coefficient (Wildman–Crippen LogP) is 2.75. The van der Waals surface area contributed by atoms with E-state index in [1.807, 2.05) is 31.2 Å². The fraction of sp³-hybridized carbons (Fsp3) is 0.200. The van der Waals surface area contributed by atoms with E-state index in [-0.39, 0.29) is 19.0 Å². The molecule has 1 amide bonds. The largest absolute Gasteiger partial charge is 0.497 e. The van der Waals surface area contributed by atoms with E-state index in [0.29, 0.717) is 27.4 Å². The molecular weight excluding hydrogens is 392 g/mol. The van der Waals surface area contributed by atoms with Crippen molar-refractivity contribution in [2.24, 2.45) is 0 Å². The number of nitrogens with one attached hydrogen (secondary N) is 1. The molecule has 3 aromatic heterocycles. The van der Waals surface area contributed by atoms with Crippen molar-refractivity contribution >= 4 is 27.5 Å². The number of rotatable bonds is 6. The molecule has 1 N–H and O–H groups in total. The van der Waals surface area contributed by atoms with Gasteiger partial charge in [-0.15, -0.1) is 11.3 Å². The van der Waals surface area contributed by atoms with Crippen molar-refractivity contribution in [3.63, 3.8) is 0 Å². The van der Waals surface area contributed by atoms with Gasteiger partial charge in [-0.1, -0.05) is 12.1 Å². The smallest absolute Gasteiger partial charge is 0.294 e. The number of benzene rings is 1. The molecule has 4 rings (SSSR count). The van der Waals surface area contributed by atoms with Gasteiger partial charge in [0, 0.05) is 5.56 Å². The topological polar surface area (TPSA) is 99.3 Å². The van der Waals surface area contributed by atoms with Crippen LogP contribution in [0, 0.1) is 6.92 Å². The summed E-state index contributed by atoms with van der Waals surface area (Å²) in [6, 6.07) is 10.9. The number of furan rings is 1. The van der Waals surface area contributed by atoms with Gasteiger partial charge in [-0.25, -0.2) is 9.67 Å². The summed E-state index contributed by atoms with van der Waals surface area (Å²) in [5.41, 5.74) is 1.27. The number of carbonyl (C=O) groups is 1. The molecule has 0 spiro atoms. The van der Waals surface area contributed by atoms with Crippen molar-refractivity contribution in [1.29, 1.82) is 0 Å². The van der Waals surface area contributed by atoms with E-state index in [4.69, 9.17) is 9.15 Å². The lowest BCUT2D eigenvalue weighted by Crippen LogP contribution is -2.33. The molecule has 4 aromatic rings. The van der Waals surface area contributed by atoms with Crippen molar-refractivity contribution in [2.45, 2.75) is 20.0 Å². The molecule has 9 heteroatoms. The Morgan fingerprint density at radius 3 is 2.93 bits per heavy atom. The van der Waals surface area contributed by atoms with Crippen LogP contribution in [0.1, 0.15) is 10.8 Å². The van der Waals surface area contributed by atoms with Crippen LogP contribution in [0.5, 0.6) is 5.75 Å². The summed E-state index contributed by atoms with van der Waals surface area (Å²) in [6.07, 6.45) is 1.53. The summed E-state index contributed by atoms with van der Waals surface area (Å²) in [7, 11) is 1.59. The Labute approximate surface area is 169 Å². The maximum absolute atomic E-state index is 12.8. The molecule has 0 bridgehead atoms. The quantitative estimate of drug-likeness (QED) is 0.525. The number of aromatic nitrogens is 3. The highest BCUT2D eigenvalue weighted by Crippen LogP contribution is 2.31. The Hall–Kier alpha value is -3.46. The highest BCUT2D eigenvalue weighted by Gasteiger charge is 2.18. The Morgan fingerprint density at radius 2 is 2.17 bits per heavy atom. The fourth-order valence-corrected chi connectivity index (χ4v) is 3.84. The predicted molar refractivity (Wildman–Crippen MR) is 109 cm³/mol. The third-order valence-electron chi connectivity index (χ3n) is 4.28. The number of methoxy groups -OCH3 is 1. The lowest BCUT2D eigenvalue weighted by Gasteiger charge is -2.09. The lowest BCUT2D eigenvalue weighted by molar-refractivity contribution is -0.122. The summed E-state index contributed by atoms with van der Waals surface area (Å²) in [5.74, 6) is 0.952. The van der Waals surface area contributed by atoms with Crippen LogP contribution in [0.3, 0.4) is 0 Å². The summed E-state index contributed by atoms with van der Waals surface area (Å²) in [6.45, 7) is 1.85. The van der Waals surface area contributed by atoms with Gasteiger partial charge in [-0.2, -0.15) is 5.10 Å². The van der Waals surface area contributed by atoms with E-state index >= 15 is 0 Å². The van der Waals surface area contributed by atoms with Gasteiger partial charge >= 0.3 is 0 Å². The van der Waals surface area contributed by atoms with Crippen molar-refractivity contribution in [3.8, 4) is 17.0 Å². The van der Waals surface area contributed by atoms with Crippen molar-refractivity contribution in [2.75, 3.05) is 7.11 Å². The SMILES string of the molecule is COc1cccc(-c2nn(CC(=O)NCc3ccco3)c(=O)c3nc(C)sc23)c1. The summed E-state index contributed by atoms with van der Waals surface area (Å²) < 4.78 is 12.3. The maximum atomic E-state index is 12.8. The number of hydrogen-bond donors (Lipinski definition) is 1. The third kappa shape index (κ3) is 3.90. The first kappa shape index (κ1) is 18.9. The van der Waals surface area contributed by atoms with Gasteiger partial charge in [-0.05, 0) is 31.2 Å². The van der Waals surface area contributed by atoms with Crippen LogP contribution in [0.25, 0.3) is 21.5 Å². The van der Waals surface area contributed by atoms with Crippen LogP contribution in [0.2, 0.25) is 0 Å². The zero-order valence-electron chi connectivity index (χ0n) is 15.8. The number of thiazole rings is 1. The standard InChI is InChI=1S/C20H18N4O4S/c1-12-22-18-19(29-12)17(13-5-3-6-14(9-13)27-2)23-24(20(18)26)11-16(25)21-10-15-7-4-8-28-15/h3-9H,10-11H2,1-2H3,(H,21,25). The van der Waals surface area contributed by atoms with Gasteiger partial charge in [0.1, 0.15) is 23.7 Å². The molecule has 0 saturated carbocycles. The van der Waals surface area contributed by atoms with Gasteiger partial charge in [0.15, 0.2) is 5.52 Å². The Kier molecular flexibility index (Phi) is 5.13. The average Bonchev–Trinajstić information content (AvgIpc) is 3.38. The third-order valence-corrected chi connectivity index (χ3v) is 5.26. The second-order valence-electron chi connectivity index (χ2n) is 6.31. The van der Waals surface area contributed by atoms with Crippen LogP contribution < -0.4 is 15.6 Å². The van der Waals surface area contributed by atoms with Crippen molar-refractivity contribution in [1.82, 2.24) is 20.1 Å². The molecule has 0 unspecified atom stereocenters. The average molecular weight is 410 g/mol. The van der Waals surface area contributed by atoms with Crippen molar-refractivity contribution in [3.05, 3.63) is 63.8 Å². The molecule has 0 aliphatic rings. The molecule has 0 aliphatic heterocycles. The first-order valence-electron chi connectivity index (χ1n) is 8.87. The molecule has 0 atom stereocenters. The molecular formula is C20H18N4O4S. The number of hydrogen-bond acceptors (Lipinski definition) is 7. The second kappa shape index (κ2) is 7.88. The van der Waals surface area contributed by atoms with E-state index in [0.717, 1.165) is 15.3 Å². The number of nitrogens with zero attached hydrogens (tertiary/aromatic N) is 3. The van der Waals surface area contributed by atoms with Gasteiger partial charge < -0.3 is 14.5 Å². The van der Waals surface area contributed by atoms with Gasteiger partial charge in [0.05, 0.1) is 29.6 Å². The minimum absolute atomic E-state index is 0.219. The monoisotopic (exact) mass is 410 g/mol. The molecule has 1 aromatic carbocycles. The molecule has 0 aliphatic carbocycles. The fourth-order valence-electron chi connectivity index (χ4n) is 2.92. The Morgan fingerprint density at radius 1 is 1.31 bits per heavy atom. The lowest BCUT2D eigenvalue weighted by atomic mass is 10.1.